The summed E-state index contributed by atoms with van der Waals surface area (Å²) >= 11 is 3.64. The second-order valence-electron chi connectivity index (χ2n) is 6.66. The topological polar surface area (TPSA) is 27.7 Å². The zero-order valence-electron chi connectivity index (χ0n) is 14.9. The second kappa shape index (κ2) is 7.68. The number of hydrogen-bond donors (Lipinski definition) is 0. The molecule has 0 aliphatic carbocycles. The van der Waals surface area contributed by atoms with Gasteiger partial charge >= 0.3 is 0 Å². The van der Waals surface area contributed by atoms with Crippen molar-refractivity contribution in [1.29, 1.82) is 0 Å². The summed E-state index contributed by atoms with van der Waals surface area (Å²) in [6.07, 6.45) is 0.0988. The molecule has 0 spiro atoms. The van der Waals surface area contributed by atoms with E-state index in [2.05, 4.69) is 54.9 Å². The van der Waals surface area contributed by atoms with Gasteiger partial charge in [-0.25, -0.2) is 0 Å². The van der Waals surface area contributed by atoms with E-state index in [9.17, 15) is 0 Å². The predicted octanol–water partition coefficient (Wildman–Crippen LogP) is 5.79. The number of benzene rings is 1. The Kier molecular flexibility index (Phi) is 6.33. The van der Waals surface area contributed by atoms with E-state index >= 15 is 0 Å². The minimum Gasteiger partial charge on any atom is -0.463 e. The lowest BCUT2D eigenvalue weighted by atomic mass is 10.1. The van der Waals surface area contributed by atoms with Crippen molar-refractivity contribution < 1.29 is 13.9 Å². The largest absolute Gasteiger partial charge is 0.463 e. The molecule has 1 aliphatic rings. The predicted molar refractivity (Wildman–Crippen MR) is 101 cm³/mol. The maximum Gasteiger partial charge on any atom is 0.205 e. The average Bonchev–Trinajstić information content (AvgIpc) is 2.56. The Morgan fingerprint density at radius 2 is 1.87 bits per heavy atom. The molecule has 1 aliphatic heterocycles. The van der Waals surface area contributed by atoms with Crippen molar-refractivity contribution in [2.75, 3.05) is 5.33 Å². The highest BCUT2D eigenvalue weighted by Crippen LogP contribution is 2.36. The van der Waals surface area contributed by atoms with Gasteiger partial charge in [-0.2, -0.15) is 0 Å². The molecule has 0 N–H and O–H groups in total. The van der Waals surface area contributed by atoms with Crippen LogP contribution in [0.4, 0.5) is 0 Å². The lowest BCUT2D eigenvalue weighted by molar-refractivity contribution is -0.180. The molecule has 0 radical (unpaired) electrons. The highest BCUT2D eigenvalue weighted by Gasteiger charge is 2.33. The van der Waals surface area contributed by atoms with Crippen LogP contribution in [0.15, 0.2) is 18.2 Å². The molecule has 23 heavy (non-hydrogen) atoms. The summed E-state index contributed by atoms with van der Waals surface area (Å²) < 4.78 is 18.3. The van der Waals surface area contributed by atoms with E-state index < -0.39 is 14.1 Å². The average molecular weight is 401 g/mol. The first-order chi connectivity index (χ1) is 10.9. The van der Waals surface area contributed by atoms with Gasteiger partial charge in [0, 0.05) is 24.7 Å². The van der Waals surface area contributed by atoms with Gasteiger partial charge in [-0.15, -0.1) is 0 Å². The summed E-state index contributed by atoms with van der Waals surface area (Å²) in [6, 6.07) is 9.85. The van der Waals surface area contributed by atoms with Gasteiger partial charge < -0.3 is 13.9 Å². The monoisotopic (exact) mass is 400 g/mol. The van der Waals surface area contributed by atoms with Crippen molar-refractivity contribution in [1.82, 2.24) is 0 Å². The lowest BCUT2D eigenvalue weighted by Crippen LogP contribution is -2.38. The van der Waals surface area contributed by atoms with E-state index in [1.165, 1.54) is 5.56 Å². The Bertz CT molecular complexity index is 521. The van der Waals surface area contributed by atoms with Crippen molar-refractivity contribution in [2.45, 2.75) is 71.2 Å². The fourth-order valence-corrected chi connectivity index (χ4v) is 6.62. The van der Waals surface area contributed by atoms with Crippen LogP contribution in [0, 0.1) is 0 Å². The second-order valence-corrected chi connectivity index (χ2v) is 12.0. The number of fused-ring (bicyclic) bond motifs is 1. The molecule has 1 aromatic rings. The Morgan fingerprint density at radius 3 is 2.43 bits per heavy atom. The number of hydrogen-bond acceptors (Lipinski definition) is 3. The molecular formula is C18H29BrO3Si. The summed E-state index contributed by atoms with van der Waals surface area (Å²) in [5.74, 6) is 0.373. The van der Waals surface area contributed by atoms with Gasteiger partial charge in [0.2, 0.25) is 5.79 Å². The Hall–Kier alpha value is -0.363. The van der Waals surface area contributed by atoms with Crippen LogP contribution in [0.5, 0.6) is 5.75 Å². The third-order valence-corrected chi connectivity index (χ3v) is 10.1. The number of alkyl halides is 1. The highest BCUT2D eigenvalue weighted by molar-refractivity contribution is 9.09. The molecule has 3 nitrogen and oxygen atoms in total. The van der Waals surface area contributed by atoms with Gasteiger partial charge in [-0.1, -0.05) is 42.8 Å². The molecule has 0 bridgehead atoms. The summed E-state index contributed by atoms with van der Waals surface area (Å²) in [6.45, 7) is 11.3. The summed E-state index contributed by atoms with van der Waals surface area (Å²) in [5.41, 5.74) is 2.31. The molecule has 0 saturated carbocycles. The zero-order valence-corrected chi connectivity index (χ0v) is 17.5. The third-order valence-electron chi connectivity index (χ3n) is 4.85. The van der Waals surface area contributed by atoms with E-state index in [1.54, 1.807) is 0 Å². The van der Waals surface area contributed by atoms with Gasteiger partial charge in [0.05, 0.1) is 12.7 Å². The van der Waals surface area contributed by atoms with Crippen molar-refractivity contribution in [3.05, 3.63) is 29.3 Å². The van der Waals surface area contributed by atoms with Gasteiger partial charge in [0.25, 0.3) is 0 Å². The van der Waals surface area contributed by atoms with Crippen LogP contribution in [0.1, 0.15) is 51.8 Å². The van der Waals surface area contributed by atoms with Gasteiger partial charge in [0.1, 0.15) is 5.75 Å². The molecule has 0 aromatic heterocycles. The molecule has 0 saturated heterocycles. The Labute approximate surface area is 150 Å². The maximum atomic E-state index is 6.66. The fraction of sp³-hybridized carbons (Fsp3) is 0.667. The molecule has 1 atom stereocenters. The smallest absolute Gasteiger partial charge is 0.205 e. The molecule has 5 heteroatoms. The number of rotatable bonds is 7. The lowest BCUT2D eigenvalue weighted by Gasteiger charge is -2.35. The Morgan fingerprint density at radius 1 is 1.22 bits per heavy atom. The first-order valence-electron chi connectivity index (χ1n) is 8.58. The molecule has 1 heterocycles. The van der Waals surface area contributed by atoms with Crippen LogP contribution >= 0.6 is 15.9 Å². The van der Waals surface area contributed by atoms with Crippen LogP contribution in [0.25, 0.3) is 0 Å². The number of halogens is 1. The number of ether oxygens (including phenoxy) is 2. The third kappa shape index (κ3) is 4.38. The van der Waals surface area contributed by atoms with E-state index in [4.69, 9.17) is 13.9 Å². The highest BCUT2D eigenvalue weighted by atomic mass is 79.9. The molecular weight excluding hydrogens is 372 g/mol. The van der Waals surface area contributed by atoms with E-state index in [0.29, 0.717) is 6.61 Å². The molecule has 0 amide bonds. The first-order valence-corrected chi connectivity index (χ1v) is 12.2. The quantitative estimate of drug-likeness (QED) is 0.428. The summed E-state index contributed by atoms with van der Waals surface area (Å²) in [4.78, 5) is 0. The van der Waals surface area contributed by atoms with Crippen LogP contribution in [-0.4, -0.2) is 19.4 Å². The van der Waals surface area contributed by atoms with Gasteiger partial charge in [0.15, 0.2) is 8.32 Å². The maximum absolute atomic E-state index is 6.66. The molecule has 0 fully saturated rings. The van der Waals surface area contributed by atoms with E-state index in [1.807, 2.05) is 13.8 Å². The Balaban J connectivity index is 2.23. The van der Waals surface area contributed by atoms with Crippen molar-refractivity contribution in [2.24, 2.45) is 0 Å². The van der Waals surface area contributed by atoms with E-state index in [-0.39, 0.29) is 6.10 Å². The fourth-order valence-electron chi connectivity index (χ4n) is 3.05. The summed E-state index contributed by atoms with van der Waals surface area (Å²) in [7, 11) is -1.64. The van der Waals surface area contributed by atoms with Crippen molar-refractivity contribution in [3.8, 4) is 5.75 Å². The molecule has 0 unspecified atom stereocenters. The first kappa shape index (κ1) is 19.0. The van der Waals surface area contributed by atoms with Crippen molar-refractivity contribution in [3.63, 3.8) is 0 Å². The standard InChI is InChI=1S/C18H29BrO3Si/c1-6-23(7-2,8-3)22-17(12-19)14-9-10-16-15(11-14)13-20-18(4,5)21-16/h9-11,17H,6-8,12-13H2,1-5H3/t17-/m0/s1. The van der Waals surface area contributed by atoms with Crippen LogP contribution < -0.4 is 4.74 Å². The van der Waals surface area contributed by atoms with E-state index in [0.717, 1.165) is 34.8 Å². The van der Waals surface area contributed by atoms with Crippen LogP contribution in [-0.2, 0) is 15.8 Å². The van der Waals surface area contributed by atoms with Gasteiger partial charge in [-0.05, 0) is 35.8 Å². The molecule has 1 aromatic carbocycles. The van der Waals surface area contributed by atoms with Crippen LogP contribution in [0.2, 0.25) is 18.1 Å². The molecule has 2 rings (SSSR count). The normalized spacial score (nSPS) is 18.2. The molecule has 130 valence electrons. The minimum atomic E-state index is -1.64. The minimum absolute atomic E-state index is 0.0988. The SMILES string of the molecule is CC[Si](CC)(CC)O[C@@H](CBr)c1ccc2c(c1)COC(C)(C)O2. The zero-order chi connectivity index (χ0) is 17.1. The van der Waals surface area contributed by atoms with Crippen molar-refractivity contribution >= 4 is 24.2 Å². The van der Waals surface area contributed by atoms with Crippen LogP contribution in [0.3, 0.4) is 0 Å². The summed E-state index contributed by atoms with van der Waals surface area (Å²) in [5, 5.41) is 0.813. The van der Waals surface area contributed by atoms with Gasteiger partial charge in [-0.3, -0.25) is 0 Å².